The van der Waals surface area contributed by atoms with Gasteiger partial charge in [0.2, 0.25) is 0 Å². The van der Waals surface area contributed by atoms with E-state index in [4.69, 9.17) is 4.74 Å². The number of aryl methyl sites for hydroxylation is 2. The van der Waals surface area contributed by atoms with Gasteiger partial charge in [-0.1, -0.05) is 0 Å². The summed E-state index contributed by atoms with van der Waals surface area (Å²) in [4.78, 5) is 10.8. The summed E-state index contributed by atoms with van der Waals surface area (Å²) in [5, 5.41) is 5.80. The van der Waals surface area contributed by atoms with Crippen LogP contribution >= 0.6 is 11.3 Å². The molecule has 2 fully saturated rings. The molecule has 2 aromatic rings. The Balaban J connectivity index is 1.36. The van der Waals surface area contributed by atoms with E-state index in [1.165, 1.54) is 17.0 Å². The number of ether oxygens (including phenoxy) is 1. The third-order valence-corrected chi connectivity index (χ3v) is 5.88. The molecule has 2 saturated heterocycles. The fourth-order valence-corrected chi connectivity index (χ4v) is 4.67. The van der Waals surface area contributed by atoms with E-state index in [9.17, 15) is 0 Å². The van der Waals surface area contributed by atoms with E-state index in [2.05, 4.69) is 44.5 Å². The van der Waals surface area contributed by atoms with Gasteiger partial charge in [-0.25, -0.2) is 4.98 Å². The van der Waals surface area contributed by atoms with E-state index < -0.39 is 0 Å². The average Bonchev–Trinajstić information content (AvgIpc) is 3.29. The van der Waals surface area contributed by atoms with Gasteiger partial charge in [0.05, 0.1) is 24.9 Å². The van der Waals surface area contributed by atoms with Gasteiger partial charge in [0.15, 0.2) is 5.13 Å². The van der Waals surface area contributed by atoms with Crippen LogP contribution in [0, 0.1) is 13.8 Å². The molecule has 4 heterocycles. The van der Waals surface area contributed by atoms with Crippen molar-refractivity contribution in [3.8, 4) is 0 Å². The van der Waals surface area contributed by atoms with E-state index in [1.54, 1.807) is 0 Å². The van der Waals surface area contributed by atoms with Crippen molar-refractivity contribution in [2.75, 3.05) is 44.3 Å². The predicted octanol–water partition coefficient (Wildman–Crippen LogP) is 2.24. The molecule has 0 radical (unpaired) electrons. The van der Waals surface area contributed by atoms with Gasteiger partial charge in [-0.2, -0.15) is 5.10 Å². The third-order valence-electron chi connectivity index (χ3n) is 4.84. The highest BCUT2D eigenvalue weighted by atomic mass is 32.1. The van der Waals surface area contributed by atoms with Gasteiger partial charge in [-0.15, -0.1) is 11.3 Å². The van der Waals surface area contributed by atoms with Crippen molar-refractivity contribution in [2.24, 2.45) is 0 Å². The number of anilines is 1. The Kier molecular flexibility index (Phi) is 4.56. The fourth-order valence-electron chi connectivity index (χ4n) is 3.66. The van der Waals surface area contributed by atoms with Gasteiger partial charge in [0.1, 0.15) is 0 Å². The summed E-state index contributed by atoms with van der Waals surface area (Å²) >= 11 is 1.83. The first-order valence-corrected chi connectivity index (χ1v) is 9.53. The Morgan fingerprint density at radius 2 is 2.08 bits per heavy atom. The van der Waals surface area contributed by atoms with Crippen molar-refractivity contribution in [1.82, 2.24) is 19.7 Å². The van der Waals surface area contributed by atoms with E-state index in [0.29, 0.717) is 6.04 Å². The zero-order valence-corrected chi connectivity index (χ0v) is 15.3. The molecular formula is C17H25N5OS. The molecule has 6 nitrogen and oxygen atoms in total. The summed E-state index contributed by atoms with van der Waals surface area (Å²) < 4.78 is 7.63. The summed E-state index contributed by atoms with van der Waals surface area (Å²) in [5.74, 6) is 0. The minimum atomic E-state index is 0.505. The Bertz CT molecular complexity index is 691. The minimum Gasteiger partial charge on any atom is -0.378 e. The molecule has 130 valence electrons. The molecule has 0 saturated carbocycles. The molecule has 24 heavy (non-hydrogen) atoms. The van der Waals surface area contributed by atoms with Gasteiger partial charge >= 0.3 is 0 Å². The van der Waals surface area contributed by atoms with Crippen LogP contribution < -0.4 is 4.90 Å². The molecule has 1 atom stereocenters. The molecule has 0 amide bonds. The quantitative estimate of drug-likeness (QED) is 0.849. The SMILES string of the molecule is Cc1cc(C)n([C@@H]2CCN(Cc3cnc(N4CCOCC4)s3)C2)n1. The molecule has 0 bridgehead atoms. The monoisotopic (exact) mass is 347 g/mol. The number of morpholine rings is 1. The Morgan fingerprint density at radius 1 is 1.25 bits per heavy atom. The summed E-state index contributed by atoms with van der Waals surface area (Å²) in [7, 11) is 0. The minimum absolute atomic E-state index is 0.505. The van der Waals surface area contributed by atoms with Crippen LogP contribution in [0.1, 0.15) is 28.7 Å². The standard InChI is InChI=1S/C17H25N5OS/c1-13-9-14(2)22(19-13)15-3-4-20(11-15)12-16-10-18-17(24-16)21-5-7-23-8-6-21/h9-10,15H,3-8,11-12H2,1-2H3/t15-/m1/s1. The van der Waals surface area contributed by atoms with Gasteiger partial charge in [0.25, 0.3) is 0 Å². The van der Waals surface area contributed by atoms with E-state index in [1.807, 2.05) is 17.5 Å². The highest BCUT2D eigenvalue weighted by molar-refractivity contribution is 7.15. The second-order valence-corrected chi connectivity index (χ2v) is 7.85. The first-order chi connectivity index (χ1) is 11.7. The van der Waals surface area contributed by atoms with Crippen molar-refractivity contribution in [1.29, 1.82) is 0 Å². The number of rotatable bonds is 4. The van der Waals surface area contributed by atoms with Gasteiger partial charge in [-0.3, -0.25) is 9.58 Å². The normalized spacial score (nSPS) is 22.4. The topological polar surface area (TPSA) is 46.4 Å². The highest BCUT2D eigenvalue weighted by Crippen LogP contribution is 2.28. The van der Waals surface area contributed by atoms with Crippen molar-refractivity contribution in [2.45, 2.75) is 32.9 Å². The molecule has 7 heteroatoms. The first kappa shape index (κ1) is 16.1. The molecule has 0 aromatic carbocycles. The summed E-state index contributed by atoms with van der Waals surface area (Å²) in [6.07, 6.45) is 3.23. The fraction of sp³-hybridized carbons (Fsp3) is 0.647. The number of aromatic nitrogens is 3. The van der Waals surface area contributed by atoms with Crippen LogP contribution in [0.4, 0.5) is 5.13 Å². The zero-order chi connectivity index (χ0) is 16.5. The molecule has 0 N–H and O–H groups in total. The van der Waals surface area contributed by atoms with Gasteiger partial charge in [-0.05, 0) is 26.3 Å². The maximum Gasteiger partial charge on any atom is 0.185 e. The van der Waals surface area contributed by atoms with Crippen LogP contribution in [0.25, 0.3) is 0 Å². The Morgan fingerprint density at radius 3 is 2.83 bits per heavy atom. The second kappa shape index (κ2) is 6.82. The number of thiazole rings is 1. The Hall–Kier alpha value is -1.44. The zero-order valence-electron chi connectivity index (χ0n) is 14.4. The lowest BCUT2D eigenvalue weighted by Gasteiger charge is -2.26. The largest absolute Gasteiger partial charge is 0.378 e. The van der Waals surface area contributed by atoms with Crippen LogP contribution in [0.2, 0.25) is 0 Å². The van der Waals surface area contributed by atoms with Gasteiger partial charge in [0, 0.05) is 49.5 Å². The lowest BCUT2D eigenvalue weighted by molar-refractivity contribution is 0.122. The molecule has 0 unspecified atom stereocenters. The molecule has 4 rings (SSSR count). The lowest BCUT2D eigenvalue weighted by atomic mass is 10.2. The van der Waals surface area contributed by atoms with Crippen LogP contribution in [0.5, 0.6) is 0 Å². The molecule has 2 aliphatic rings. The molecule has 2 aliphatic heterocycles. The summed E-state index contributed by atoms with van der Waals surface area (Å²) in [5.41, 5.74) is 2.38. The maximum atomic E-state index is 5.42. The van der Waals surface area contributed by atoms with Crippen molar-refractivity contribution in [3.05, 3.63) is 28.5 Å². The van der Waals surface area contributed by atoms with Gasteiger partial charge < -0.3 is 9.64 Å². The number of nitrogens with zero attached hydrogens (tertiary/aromatic N) is 5. The van der Waals surface area contributed by atoms with E-state index >= 15 is 0 Å². The molecular weight excluding hydrogens is 322 g/mol. The van der Waals surface area contributed by atoms with Crippen molar-refractivity contribution < 1.29 is 4.74 Å². The maximum absolute atomic E-state index is 5.42. The van der Waals surface area contributed by atoms with Crippen LogP contribution in [-0.4, -0.2) is 59.1 Å². The molecule has 0 spiro atoms. The van der Waals surface area contributed by atoms with Crippen LogP contribution in [0.3, 0.4) is 0 Å². The van der Waals surface area contributed by atoms with E-state index in [-0.39, 0.29) is 0 Å². The van der Waals surface area contributed by atoms with Crippen molar-refractivity contribution >= 4 is 16.5 Å². The molecule has 0 aliphatic carbocycles. The average molecular weight is 347 g/mol. The predicted molar refractivity (Wildman–Crippen MR) is 95.8 cm³/mol. The number of hydrogen-bond donors (Lipinski definition) is 0. The lowest BCUT2D eigenvalue weighted by Crippen LogP contribution is -2.36. The first-order valence-electron chi connectivity index (χ1n) is 8.71. The highest BCUT2D eigenvalue weighted by Gasteiger charge is 2.26. The molecule has 2 aromatic heterocycles. The third kappa shape index (κ3) is 3.34. The van der Waals surface area contributed by atoms with E-state index in [0.717, 1.165) is 56.8 Å². The number of hydrogen-bond acceptors (Lipinski definition) is 6. The van der Waals surface area contributed by atoms with Crippen LogP contribution in [0.15, 0.2) is 12.3 Å². The second-order valence-electron chi connectivity index (χ2n) is 6.76. The summed E-state index contributed by atoms with van der Waals surface area (Å²) in [6, 6.07) is 2.67. The Labute approximate surface area is 147 Å². The summed E-state index contributed by atoms with van der Waals surface area (Å²) in [6.45, 7) is 11.0. The smallest absolute Gasteiger partial charge is 0.185 e. The van der Waals surface area contributed by atoms with Crippen LogP contribution in [-0.2, 0) is 11.3 Å². The van der Waals surface area contributed by atoms with Crippen molar-refractivity contribution in [3.63, 3.8) is 0 Å². The number of likely N-dealkylation sites (tertiary alicyclic amines) is 1.